The number of amides is 1. The van der Waals surface area contributed by atoms with Gasteiger partial charge in [0.05, 0.1) is 5.56 Å². The maximum atomic E-state index is 12.5. The fourth-order valence-electron chi connectivity index (χ4n) is 1.78. The third-order valence-electron chi connectivity index (χ3n) is 2.77. The lowest BCUT2D eigenvalue weighted by molar-refractivity contribution is 0.0705. The predicted molar refractivity (Wildman–Crippen MR) is 80.4 cm³/mol. The minimum atomic E-state index is 0.0608. The van der Waals surface area contributed by atoms with Crippen LogP contribution in [0.25, 0.3) is 0 Å². The molecule has 0 spiro atoms. The second-order valence-corrected chi connectivity index (χ2v) is 5.85. The van der Waals surface area contributed by atoms with Gasteiger partial charge in [0.25, 0.3) is 5.91 Å². The normalized spacial score (nSPS) is 10.8. The molecule has 0 saturated carbocycles. The van der Waals surface area contributed by atoms with E-state index in [9.17, 15) is 4.79 Å². The van der Waals surface area contributed by atoms with Crippen molar-refractivity contribution in [3.63, 3.8) is 0 Å². The molecular formula is C14H19BrClNO. The molecule has 0 aromatic heterocycles. The highest BCUT2D eigenvalue weighted by molar-refractivity contribution is 9.10. The average Bonchev–Trinajstić information content (AvgIpc) is 2.32. The SMILES string of the molecule is Cc1ccc(Br)c(C(=O)N(CCCCl)C(C)C)c1. The molecule has 18 heavy (non-hydrogen) atoms. The standard InChI is InChI=1S/C14H19BrClNO/c1-10(2)17(8-4-7-16)14(18)12-9-11(3)5-6-13(12)15/h5-6,9-10H,4,7-8H2,1-3H3. The summed E-state index contributed by atoms with van der Waals surface area (Å²) < 4.78 is 0.842. The van der Waals surface area contributed by atoms with Gasteiger partial charge in [-0.05, 0) is 55.3 Å². The summed E-state index contributed by atoms with van der Waals surface area (Å²) in [6, 6.07) is 6.00. The number of rotatable bonds is 5. The molecule has 0 radical (unpaired) electrons. The van der Waals surface area contributed by atoms with Crippen LogP contribution in [0.2, 0.25) is 0 Å². The van der Waals surface area contributed by atoms with Gasteiger partial charge in [0.1, 0.15) is 0 Å². The summed E-state index contributed by atoms with van der Waals surface area (Å²) in [5, 5.41) is 0. The summed E-state index contributed by atoms with van der Waals surface area (Å²) in [5.41, 5.74) is 1.81. The van der Waals surface area contributed by atoms with Crippen molar-refractivity contribution in [1.82, 2.24) is 4.90 Å². The van der Waals surface area contributed by atoms with Crippen LogP contribution in [0, 0.1) is 6.92 Å². The summed E-state index contributed by atoms with van der Waals surface area (Å²) in [7, 11) is 0. The summed E-state index contributed by atoms with van der Waals surface area (Å²) >= 11 is 9.15. The Balaban J connectivity index is 2.98. The lowest BCUT2D eigenvalue weighted by Crippen LogP contribution is -2.38. The number of nitrogens with zero attached hydrogens (tertiary/aromatic N) is 1. The lowest BCUT2D eigenvalue weighted by atomic mass is 10.1. The minimum absolute atomic E-state index is 0.0608. The fraction of sp³-hybridized carbons (Fsp3) is 0.500. The molecule has 0 aliphatic rings. The third-order valence-corrected chi connectivity index (χ3v) is 3.73. The van der Waals surface area contributed by atoms with E-state index in [0.29, 0.717) is 12.4 Å². The molecule has 0 fully saturated rings. The van der Waals surface area contributed by atoms with Crippen LogP contribution >= 0.6 is 27.5 Å². The molecule has 0 atom stereocenters. The Kier molecular flexibility index (Phi) is 6.16. The highest BCUT2D eigenvalue weighted by atomic mass is 79.9. The topological polar surface area (TPSA) is 20.3 Å². The Hall–Kier alpha value is -0.540. The molecule has 0 aliphatic carbocycles. The van der Waals surface area contributed by atoms with E-state index in [2.05, 4.69) is 15.9 Å². The lowest BCUT2D eigenvalue weighted by Gasteiger charge is -2.27. The van der Waals surface area contributed by atoms with Crippen molar-refractivity contribution in [3.05, 3.63) is 33.8 Å². The number of aryl methyl sites for hydroxylation is 1. The Morgan fingerprint density at radius 1 is 1.44 bits per heavy atom. The maximum Gasteiger partial charge on any atom is 0.255 e. The first-order chi connectivity index (χ1) is 8.47. The Morgan fingerprint density at radius 2 is 2.11 bits per heavy atom. The monoisotopic (exact) mass is 331 g/mol. The van der Waals surface area contributed by atoms with Crippen LogP contribution in [0.5, 0.6) is 0 Å². The van der Waals surface area contributed by atoms with Crippen molar-refractivity contribution >= 4 is 33.4 Å². The van der Waals surface area contributed by atoms with Crippen LogP contribution in [0.1, 0.15) is 36.2 Å². The van der Waals surface area contributed by atoms with E-state index in [1.54, 1.807) is 0 Å². The van der Waals surface area contributed by atoms with Crippen LogP contribution in [0.3, 0.4) is 0 Å². The quantitative estimate of drug-likeness (QED) is 0.739. The molecule has 4 heteroatoms. The summed E-state index contributed by atoms with van der Waals surface area (Å²) in [6.45, 7) is 6.73. The second-order valence-electron chi connectivity index (χ2n) is 4.62. The maximum absolute atomic E-state index is 12.5. The molecular weight excluding hydrogens is 314 g/mol. The molecule has 100 valence electrons. The van der Waals surface area contributed by atoms with E-state index < -0.39 is 0 Å². The van der Waals surface area contributed by atoms with E-state index in [0.717, 1.165) is 22.0 Å². The molecule has 1 aromatic rings. The average molecular weight is 333 g/mol. The molecule has 1 rings (SSSR count). The molecule has 1 amide bonds. The zero-order valence-corrected chi connectivity index (χ0v) is 13.4. The summed E-state index contributed by atoms with van der Waals surface area (Å²) in [5.74, 6) is 0.636. The van der Waals surface area contributed by atoms with Crippen molar-refractivity contribution in [1.29, 1.82) is 0 Å². The number of alkyl halides is 1. The van der Waals surface area contributed by atoms with Crippen molar-refractivity contribution in [2.45, 2.75) is 33.2 Å². The van der Waals surface area contributed by atoms with Gasteiger partial charge in [0, 0.05) is 22.9 Å². The number of halogens is 2. The molecule has 0 N–H and O–H groups in total. The molecule has 2 nitrogen and oxygen atoms in total. The van der Waals surface area contributed by atoms with Crippen LogP contribution in [0.4, 0.5) is 0 Å². The van der Waals surface area contributed by atoms with Crippen molar-refractivity contribution in [2.75, 3.05) is 12.4 Å². The molecule has 0 bridgehead atoms. The Morgan fingerprint density at radius 3 is 2.67 bits per heavy atom. The molecule has 0 heterocycles. The van der Waals surface area contributed by atoms with E-state index in [4.69, 9.17) is 11.6 Å². The van der Waals surface area contributed by atoms with Gasteiger partial charge < -0.3 is 4.90 Å². The first kappa shape index (κ1) is 15.5. The fourth-order valence-corrected chi connectivity index (χ4v) is 2.32. The van der Waals surface area contributed by atoms with Gasteiger partial charge in [-0.2, -0.15) is 0 Å². The smallest absolute Gasteiger partial charge is 0.255 e. The van der Waals surface area contributed by atoms with Gasteiger partial charge in [-0.15, -0.1) is 11.6 Å². The van der Waals surface area contributed by atoms with E-state index in [1.165, 1.54) is 0 Å². The number of carbonyl (C=O) groups excluding carboxylic acids is 1. The van der Waals surface area contributed by atoms with Crippen molar-refractivity contribution < 1.29 is 4.79 Å². The van der Waals surface area contributed by atoms with E-state index in [1.807, 2.05) is 43.9 Å². The van der Waals surface area contributed by atoms with E-state index in [-0.39, 0.29) is 11.9 Å². The van der Waals surface area contributed by atoms with Crippen LogP contribution in [0.15, 0.2) is 22.7 Å². The Labute approximate surface area is 122 Å². The van der Waals surface area contributed by atoms with Crippen LogP contribution in [-0.2, 0) is 0 Å². The zero-order chi connectivity index (χ0) is 13.7. The van der Waals surface area contributed by atoms with Gasteiger partial charge in [0.15, 0.2) is 0 Å². The summed E-state index contributed by atoms with van der Waals surface area (Å²) in [6.07, 6.45) is 0.814. The second kappa shape index (κ2) is 7.15. The molecule has 1 aromatic carbocycles. The number of hydrogen-bond donors (Lipinski definition) is 0. The molecule has 0 unspecified atom stereocenters. The van der Waals surface area contributed by atoms with Gasteiger partial charge in [-0.25, -0.2) is 0 Å². The number of hydrogen-bond acceptors (Lipinski definition) is 1. The van der Waals surface area contributed by atoms with Crippen molar-refractivity contribution in [3.8, 4) is 0 Å². The first-order valence-electron chi connectivity index (χ1n) is 6.10. The summed E-state index contributed by atoms with van der Waals surface area (Å²) in [4.78, 5) is 14.4. The highest BCUT2D eigenvalue weighted by Gasteiger charge is 2.20. The third kappa shape index (κ3) is 3.99. The van der Waals surface area contributed by atoms with Crippen LogP contribution in [-0.4, -0.2) is 29.3 Å². The first-order valence-corrected chi connectivity index (χ1v) is 7.43. The van der Waals surface area contributed by atoms with Gasteiger partial charge in [0.2, 0.25) is 0 Å². The minimum Gasteiger partial charge on any atom is -0.336 e. The molecule has 0 saturated heterocycles. The van der Waals surface area contributed by atoms with Gasteiger partial charge in [-0.1, -0.05) is 11.6 Å². The number of carbonyl (C=O) groups is 1. The highest BCUT2D eigenvalue weighted by Crippen LogP contribution is 2.21. The zero-order valence-electron chi connectivity index (χ0n) is 11.0. The Bertz CT molecular complexity index is 420. The largest absolute Gasteiger partial charge is 0.336 e. The number of benzene rings is 1. The predicted octanol–water partition coefficient (Wildman–Crippen LogP) is 4.24. The van der Waals surface area contributed by atoms with Crippen molar-refractivity contribution in [2.24, 2.45) is 0 Å². The van der Waals surface area contributed by atoms with Crippen LogP contribution < -0.4 is 0 Å². The van der Waals surface area contributed by atoms with Gasteiger partial charge >= 0.3 is 0 Å². The van der Waals surface area contributed by atoms with E-state index >= 15 is 0 Å². The van der Waals surface area contributed by atoms with Gasteiger partial charge in [-0.3, -0.25) is 4.79 Å². The molecule has 0 aliphatic heterocycles.